The van der Waals surface area contributed by atoms with E-state index in [0.29, 0.717) is 0 Å². The van der Waals surface area contributed by atoms with Gasteiger partial charge in [-0.2, -0.15) is 0 Å². The predicted octanol–water partition coefficient (Wildman–Crippen LogP) is 0.146. The Balaban J connectivity index is 2.18. The molecule has 1 rings (SSSR count). The lowest BCUT2D eigenvalue weighted by atomic mass is 10.1. The van der Waals surface area contributed by atoms with Crippen molar-refractivity contribution >= 4 is 0 Å². The molecule has 16 heavy (non-hydrogen) atoms. The molecule has 1 unspecified atom stereocenters. The Morgan fingerprint density at radius 1 is 1.12 bits per heavy atom. The molecule has 96 valence electrons. The molecule has 1 atom stereocenters. The number of β-amino-alcohol motifs (C(OH)–C–C–N with tert-alkyl or cyclic N) is 1. The molecule has 4 heteroatoms. The van der Waals surface area contributed by atoms with Crippen LogP contribution in [-0.4, -0.2) is 71.0 Å². The molecule has 0 bridgehead atoms. The van der Waals surface area contributed by atoms with Gasteiger partial charge in [0.1, 0.15) is 0 Å². The van der Waals surface area contributed by atoms with Crippen molar-refractivity contribution in [3.8, 4) is 0 Å². The Hall–Kier alpha value is -0.160. The van der Waals surface area contributed by atoms with E-state index in [9.17, 15) is 10.2 Å². The monoisotopic (exact) mass is 230 g/mol. The Morgan fingerprint density at radius 3 is 2.06 bits per heavy atom. The smallest absolute Gasteiger partial charge is 0.0718 e. The average molecular weight is 230 g/mol. The third-order valence-electron chi connectivity index (χ3n) is 2.94. The van der Waals surface area contributed by atoms with Crippen molar-refractivity contribution in [3.05, 3.63) is 0 Å². The summed E-state index contributed by atoms with van der Waals surface area (Å²) >= 11 is 0. The number of aliphatic hydroxyl groups excluding tert-OH is 1. The molecule has 0 aliphatic carbocycles. The van der Waals surface area contributed by atoms with Crippen molar-refractivity contribution in [1.29, 1.82) is 0 Å². The molecule has 2 N–H and O–H groups in total. The van der Waals surface area contributed by atoms with Gasteiger partial charge in [-0.3, -0.25) is 4.90 Å². The molecule has 0 aromatic heterocycles. The normalized spacial score (nSPS) is 22.3. The molecule has 0 radical (unpaired) electrons. The maximum absolute atomic E-state index is 9.72. The molecule has 1 fully saturated rings. The van der Waals surface area contributed by atoms with Gasteiger partial charge in [-0.15, -0.1) is 0 Å². The first kappa shape index (κ1) is 13.9. The number of piperazine rings is 1. The molecular weight excluding hydrogens is 204 g/mol. The minimum atomic E-state index is -0.595. The van der Waals surface area contributed by atoms with Crippen LogP contribution in [-0.2, 0) is 0 Å². The summed E-state index contributed by atoms with van der Waals surface area (Å²) in [5.41, 5.74) is -0.595. The van der Waals surface area contributed by atoms with E-state index < -0.39 is 5.60 Å². The van der Waals surface area contributed by atoms with Gasteiger partial charge in [-0.1, -0.05) is 0 Å². The lowest BCUT2D eigenvalue weighted by Gasteiger charge is -2.37. The molecule has 1 saturated heterocycles. The molecular formula is C12H26N2O2. The van der Waals surface area contributed by atoms with E-state index in [2.05, 4.69) is 9.80 Å². The SMILES string of the molecule is CC(O)CCN1CCN(CC(C)(C)O)CC1. The summed E-state index contributed by atoms with van der Waals surface area (Å²) in [4.78, 5) is 4.69. The standard InChI is InChI=1S/C12H26N2O2/c1-11(15)4-5-13-6-8-14(9-7-13)10-12(2,3)16/h11,15-16H,4-10H2,1-3H3. The van der Waals surface area contributed by atoms with Gasteiger partial charge in [-0.05, 0) is 27.2 Å². The van der Waals surface area contributed by atoms with Crippen LogP contribution >= 0.6 is 0 Å². The van der Waals surface area contributed by atoms with Gasteiger partial charge in [0.15, 0.2) is 0 Å². The molecule has 1 aliphatic heterocycles. The minimum Gasteiger partial charge on any atom is -0.393 e. The third kappa shape index (κ3) is 5.80. The van der Waals surface area contributed by atoms with Crippen molar-refractivity contribution < 1.29 is 10.2 Å². The Bertz CT molecular complexity index is 194. The second-order valence-electron chi connectivity index (χ2n) is 5.57. The molecule has 0 spiro atoms. The first-order chi connectivity index (χ1) is 7.37. The number of nitrogens with zero attached hydrogens (tertiary/aromatic N) is 2. The summed E-state index contributed by atoms with van der Waals surface area (Å²) in [5.74, 6) is 0. The van der Waals surface area contributed by atoms with Crippen molar-refractivity contribution in [2.75, 3.05) is 39.3 Å². The highest BCUT2D eigenvalue weighted by atomic mass is 16.3. The van der Waals surface area contributed by atoms with Crippen LogP contribution in [0, 0.1) is 0 Å². The fourth-order valence-corrected chi connectivity index (χ4v) is 2.09. The number of rotatable bonds is 5. The molecule has 4 nitrogen and oxygen atoms in total. The highest BCUT2D eigenvalue weighted by molar-refractivity contribution is 4.78. The molecule has 0 amide bonds. The summed E-state index contributed by atoms with van der Waals surface area (Å²) in [6, 6.07) is 0. The van der Waals surface area contributed by atoms with Gasteiger partial charge in [0.25, 0.3) is 0 Å². The zero-order valence-electron chi connectivity index (χ0n) is 10.8. The van der Waals surface area contributed by atoms with E-state index in [4.69, 9.17) is 0 Å². The Morgan fingerprint density at radius 2 is 1.62 bits per heavy atom. The number of hydrogen-bond acceptors (Lipinski definition) is 4. The zero-order valence-corrected chi connectivity index (χ0v) is 10.8. The van der Waals surface area contributed by atoms with E-state index in [-0.39, 0.29) is 6.10 Å². The molecule has 1 heterocycles. The molecule has 0 aromatic carbocycles. The fourth-order valence-electron chi connectivity index (χ4n) is 2.09. The van der Waals surface area contributed by atoms with E-state index >= 15 is 0 Å². The molecule has 1 aliphatic rings. The summed E-state index contributed by atoms with van der Waals surface area (Å²) in [5, 5.41) is 18.9. The quantitative estimate of drug-likeness (QED) is 0.705. The van der Waals surface area contributed by atoms with Gasteiger partial charge < -0.3 is 15.1 Å². The Labute approximate surface area is 98.9 Å². The van der Waals surface area contributed by atoms with Gasteiger partial charge in [0, 0.05) is 39.3 Å². The predicted molar refractivity (Wildman–Crippen MR) is 65.5 cm³/mol. The van der Waals surface area contributed by atoms with Crippen LogP contribution in [0.25, 0.3) is 0 Å². The largest absolute Gasteiger partial charge is 0.393 e. The summed E-state index contributed by atoms with van der Waals surface area (Å²) in [7, 11) is 0. The lowest BCUT2D eigenvalue weighted by Crippen LogP contribution is -2.50. The average Bonchev–Trinajstić information content (AvgIpc) is 2.14. The van der Waals surface area contributed by atoms with Gasteiger partial charge in [0.05, 0.1) is 11.7 Å². The van der Waals surface area contributed by atoms with Crippen LogP contribution in [0.4, 0.5) is 0 Å². The summed E-state index contributed by atoms with van der Waals surface area (Å²) in [6.45, 7) is 11.4. The lowest BCUT2D eigenvalue weighted by molar-refractivity contribution is 0.0162. The van der Waals surface area contributed by atoms with E-state index in [1.807, 2.05) is 20.8 Å². The van der Waals surface area contributed by atoms with E-state index in [1.54, 1.807) is 0 Å². The maximum atomic E-state index is 9.72. The van der Waals surface area contributed by atoms with Crippen LogP contribution < -0.4 is 0 Å². The highest BCUT2D eigenvalue weighted by Gasteiger charge is 2.22. The first-order valence-electron chi connectivity index (χ1n) is 6.22. The summed E-state index contributed by atoms with van der Waals surface area (Å²) in [6.07, 6.45) is 0.653. The van der Waals surface area contributed by atoms with Crippen LogP contribution in [0.2, 0.25) is 0 Å². The number of hydrogen-bond donors (Lipinski definition) is 2. The zero-order chi connectivity index (χ0) is 12.2. The van der Waals surface area contributed by atoms with Gasteiger partial charge in [-0.25, -0.2) is 0 Å². The van der Waals surface area contributed by atoms with Crippen molar-refractivity contribution in [1.82, 2.24) is 9.80 Å². The van der Waals surface area contributed by atoms with Gasteiger partial charge >= 0.3 is 0 Å². The third-order valence-corrected chi connectivity index (χ3v) is 2.94. The van der Waals surface area contributed by atoms with Crippen LogP contribution in [0.1, 0.15) is 27.2 Å². The van der Waals surface area contributed by atoms with Crippen molar-refractivity contribution in [3.63, 3.8) is 0 Å². The second kappa shape index (κ2) is 5.96. The second-order valence-corrected chi connectivity index (χ2v) is 5.57. The van der Waals surface area contributed by atoms with Crippen LogP contribution in [0.5, 0.6) is 0 Å². The van der Waals surface area contributed by atoms with Gasteiger partial charge in [0.2, 0.25) is 0 Å². The topological polar surface area (TPSA) is 46.9 Å². The fraction of sp³-hybridized carbons (Fsp3) is 1.00. The first-order valence-corrected chi connectivity index (χ1v) is 6.22. The minimum absolute atomic E-state index is 0.200. The molecule has 0 aromatic rings. The van der Waals surface area contributed by atoms with Crippen LogP contribution in [0.15, 0.2) is 0 Å². The van der Waals surface area contributed by atoms with Crippen LogP contribution in [0.3, 0.4) is 0 Å². The van der Waals surface area contributed by atoms with Crippen molar-refractivity contribution in [2.45, 2.75) is 38.9 Å². The Kier molecular flexibility index (Phi) is 5.18. The number of aliphatic hydroxyl groups is 2. The van der Waals surface area contributed by atoms with E-state index in [1.165, 1.54) is 0 Å². The highest BCUT2D eigenvalue weighted by Crippen LogP contribution is 2.09. The summed E-state index contributed by atoms with van der Waals surface area (Å²) < 4.78 is 0. The van der Waals surface area contributed by atoms with Crippen molar-refractivity contribution in [2.24, 2.45) is 0 Å². The van der Waals surface area contributed by atoms with E-state index in [0.717, 1.165) is 45.7 Å². The molecule has 0 saturated carbocycles. The maximum Gasteiger partial charge on any atom is 0.0718 e.